The lowest BCUT2D eigenvalue weighted by Crippen LogP contribution is -2.59. The van der Waals surface area contributed by atoms with Crippen molar-refractivity contribution >= 4 is 17.5 Å². The fourth-order valence-electron chi connectivity index (χ4n) is 8.95. The highest BCUT2D eigenvalue weighted by Crippen LogP contribution is 2.55. The topological polar surface area (TPSA) is 95.8 Å². The number of nitro benzene ring substituents is 1. The van der Waals surface area contributed by atoms with Crippen LogP contribution in [-0.4, -0.2) is 74.8 Å². The van der Waals surface area contributed by atoms with E-state index < -0.39 is 11.1 Å². The molecule has 0 bridgehead atoms. The molecule has 0 radical (unpaired) electrons. The number of unbranched alkanes of at least 4 members (excludes halogenated alkanes) is 13. The number of nitro groups is 1. The number of nitrogens with zero attached hydrogens (tertiary/aromatic N) is 3. The second-order valence-electron chi connectivity index (χ2n) is 16.9. The third-order valence-electron chi connectivity index (χ3n) is 12.4. The molecular formula is C49H69N3O7. The molecule has 3 aromatic rings. The lowest BCUT2D eigenvalue weighted by molar-refractivity contribution is -0.385. The molecule has 0 saturated heterocycles. The lowest BCUT2D eigenvalue weighted by atomic mass is 9.76. The monoisotopic (exact) mass is 812 g/mol. The maximum atomic E-state index is 12.3. The molecule has 3 aromatic carbocycles. The maximum Gasteiger partial charge on any atom is 0.270 e. The van der Waals surface area contributed by atoms with Crippen molar-refractivity contribution in [2.45, 2.75) is 128 Å². The Labute approximate surface area is 353 Å². The highest BCUT2D eigenvalue weighted by molar-refractivity contribution is 5.74. The van der Waals surface area contributed by atoms with E-state index in [0.717, 1.165) is 24.1 Å². The van der Waals surface area contributed by atoms with Gasteiger partial charge in [0.25, 0.3) is 5.69 Å². The Bertz CT molecular complexity index is 1760. The smallest absolute Gasteiger partial charge is 0.270 e. The third kappa shape index (κ3) is 11.6. The number of fused-ring (bicyclic) bond motifs is 3. The number of para-hydroxylation sites is 3. The molecule has 59 heavy (non-hydrogen) atoms. The third-order valence-corrected chi connectivity index (χ3v) is 12.4. The van der Waals surface area contributed by atoms with Gasteiger partial charge in [0.2, 0.25) is 5.72 Å². The predicted octanol–water partition coefficient (Wildman–Crippen LogP) is 11.3. The van der Waals surface area contributed by atoms with Crippen LogP contribution in [0.2, 0.25) is 0 Å². The second kappa shape index (κ2) is 22.5. The van der Waals surface area contributed by atoms with Crippen molar-refractivity contribution in [1.82, 2.24) is 4.90 Å². The Morgan fingerprint density at radius 1 is 0.695 bits per heavy atom. The molecule has 0 fully saturated rings. The van der Waals surface area contributed by atoms with Crippen LogP contribution in [0.3, 0.4) is 0 Å². The number of anilines is 1. The SMILES string of the molecule is CCCCCCCCCCCCCCCCN1c2ccccc2C(C)(C)C12C=Cc1cc([N+](=O)[O-])cc(CN3CCOCCOc4ccccc4OCCOCC3)c1O2. The molecule has 0 amide bonds. The summed E-state index contributed by atoms with van der Waals surface area (Å²) in [5.74, 6) is 2.06. The Morgan fingerprint density at radius 2 is 1.25 bits per heavy atom. The summed E-state index contributed by atoms with van der Waals surface area (Å²) in [7, 11) is 0. The van der Waals surface area contributed by atoms with Crippen LogP contribution < -0.4 is 19.1 Å². The van der Waals surface area contributed by atoms with Crippen LogP contribution in [-0.2, 0) is 21.4 Å². The second-order valence-corrected chi connectivity index (χ2v) is 16.9. The van der Waals surface area contributed by atoms with E-state index in [1.807, 2.05) is 24.3 Å². The average molecular weight is 812 g/mol. The standard InChI is InChI=1S/C49H69N3O7/c1-4-5-6-7-8-9-10-11-12-13-14-15-16-21-28-51-44-23-18-17-22-43(44)48(2,3)49(51)27-26-40-37-42(52(53)54)38-41(47(40)59-49)39-50-29-31-55-33-35-57-45-24-19-20-25-46(45)58-36-34-56-32-30-50/h17-20,22-27,37-38H,4-16,21,28-36,39H2,1-3H3. The van der Waals surface area contributed by atoms with E-state index in [4.69, 9.17) is 23.7 Å². The molecule has 0 aromatic heterocycles. The lowest BCUT2D eigenvalue weighted by Gasteiger charge is -2.47. The Morgan fingerprint density at radius 3 is 1.85 bits per heavy atom. The van der Waals surface area contributed by atoms with Crippen molar-refractivity contribution in [2.24, 2.45) is 0 Å². The molecule has 3 aliphatic heterocycles. The van der Waals surface area contributed by atoms with E-state index in [9.17, 15) is 10.1 Å². The van der Waals surface area contributed by atoms with E-state index in [1.165, 1.54) is 94.7 Å². The molecule has 3 aliphatic rings. The summed E-state index contributed by atoms with van der Waals surface area (Å²) in [6.07, 6.45) is 22.7. The molecule has 6 rings (SSSR count). The normalized spacial score (nSPS) is 19.4. The molecule has 10 heteroatoms. The van der Waals surface area contributed by atoms with Gasteiger partial charge in [0, 0.05) is 55.1 Å². The van der Waals surface area contributed by atoms with Crippen molar-refractivity contribution in [3.8, 4) is 17.2 Å². The Balaban J connectivity index is 1.12. The van der Waals surface area contributed by atoms with Gasteiger partial charge < -0.3 is 28.6 Å². The van der Waals surface area contributed by atoms with Gasteiger partial charge in [-0.3, -0.25) is 15.0 Å². The summed E-state index contributed by atoms with van der Waals surface area (Å²) in [5.41, 5.74) is 2.80. The quantitative estimate of drug-likeness (QED) is 0.0707. The van der Waals surface area contributed by atoms with Crippen molar-refractivity contribution in [3.63, 3.8) is 0 Å². The van der Waals surface area contributed by atoms with Gasteiger partial charge in [0.1, 0.15) is 19.0 Å². The molecule has 0 saturated carbocycles. The minimum Gasteiger partial charge on any atom is -0.487 e. The number of hydrogen-bond acceptors (Lipinski definition) is 9. The molecule has 322 valence electrons. The molecule has 1 atom stereocenters. The number of rotatable bonds is 18. The Kier molecular flexibility index (Phi) is 16.9. The number of benzene rings is 3. The minimum atomic E-state index is -0.800. The Hall–Kier alpha value is -4.12. The van der Waals surface area contributed by atoms with E-state index in [1.54, 1.807) is 12.1 Å². The van der Waals surface area contributed by atoms with Gasteiger partial charge in [0.15, 0.2) is 11.5 Å². The zero-order valence-electron chi connectivity index (χ0n) is 36.1. The molecule has 3 heterocycles. The summed E-state index contributed by atoms with van der Waals surface area (Å²) < 4.78 is 31.3. The van der Waals surface area contributed by atoms with Gasteiger partial charge in [-0.05, 0) is 56.2 Å². The van der Waals surface area contributed by atoms with E-state index in [2.05, 4.69) is 67.0 Å². The van der Waals surface area contributed by atoms with E-state index in [0.29, 0.717) is 76.5 Å². The van der Waals surface area contributed by atoms with E-state index in [-0.39, 0.29) is 10.6 Å². The predicted molar refractivity (Wildman–Crippen MR) is 237 cm³/mol. The highest BCUT2D eigenvalue weighted by atomic mass is 16.6. The number of non-ortho nitro benzene ring substituents is 1. The zero-order valence-corrected chi connectivity index (χ0v) is 36.1. The van der Waals surface area contributed by atoms with Gasteiger partial charge in [-0.1, -0.05) is 121 Å². The van der Waals surface area contributed by atoms with Crippen LogP contribution in [0, 0.1) is 10.1 Å². The van der Waals surface area contributed by atoms with Crippen molar-refractivity contribution in [1.29, 1.82) is 0 Å². The number of ether oxygens (including phenoxy) is 5. The minimum absolute atomic E-state index is 0.0517. The number of hydrogen-bond donors (Lipinski definition) is 0. The van der Waals surface area contributed by atoms with Gasteiger partial charge in [-0.2, -0.15) is 0 Å². The summed E-state index contributed by atoms with van der Waals surface area (Å²) in [4.78, 5) is 16.7. The summed E-state index contributed by atoms with van der Waals surface area (Å²) >= 11 is 0. The largest absolute Gasteiger partial charge is 0.487 e. The van der Waals surface area contributed by atoms with Crippen LogP contribution in [0.5, 0.6) is 17.2 Å². The molecule has 0 aliphatic carbocycles. The summed E-state index contributed by atoms with van der Waals surface area (Å²) in [6, 6.07) is 19.6. The van der Waals surface area contributed by atoms with Crippen LogP contribution in [0.4, 0.5) is 11.4 Å². The maximum absolute atomic E-state index is 12.3. The van der Waals surface area contributed by atoms with E-state index >= 15 is 0 Å². The van der Waals surface area contributed by atoms with Crippen molar-refractivity contribution < 1.29 is 28.6 Å². The molecule has 1 unspecified atom stereocenters. The van der Waals surface area contributed by atoms with Gasteiger partial charge in [0.05, 0.1) is 36.8 Å². The molecule has 10 nitrogen and oxygen atoms in total. The fourth-order valence-corrected chi connectivity index (χ4v) is 8.95. The fraction of sp³-hybridized carbons (Fsp3) is 0.592. The van der Waals surface area contributed by atoms with Gasteiger partial charge >= 0.3 is 0 Å². The average Bonchev–Trinajstić information content (AvgIpc) is 3.41. The van der Waals surface area contributed by atoms with Gasteiger partial charge in [-0.15, -0.1) is 0 Å². The highest BCUT2D eigenvalue weighted by Gasteiger charge is 2.58. The molecule has 0 N–H and O–H groups in total. The summed E-state index contributed by atoms with van der Waals surface area (Å²) in [5, 5.41) is 12.3. The molecular weight excluding hydrogens is 743 g/mol. The first-order valence-electron chi connectivity index (χ1n) is 22.6. The van der Waals surface area contributed by atoms with Crippen LogP contribution >= 0.6 is 0 Å². The zero-order chi connectivity index (χ0) is 41.3. The van der Waals surface area contributed by atoms with Crippen LogP contribution in [0.15, 0.2) is 66.7 Å². The summed E-state index contributed by atoms with van der Waals surface area (Å²) in [6.45, 7) is 11.9. The first-order chi connectivity index (χ1) is 28.8. The van der Waals surface area contributed by atoms with Crippen LogP contribution in [0.25, 0.3) is 6.08 Å². The van der Waals surface area contributed by atoms with Crippen LogP contribution in [0.1, 0.15) is 127 Å². The first-order valence-corrected chi connectivity index (χ1v) is 22.6. The van der Waals surface area contributed by atoms with Crippen molar-refractivity contribution in [2.75, 3.05) is 64.2 Å². The first kappa shape index (κ1) is 44.4. The molecule has 1 spiro atoms. The van der Waals surface area contributed by atoms with Crippen molar-refractivity contribution in [3.05, 3.63) is 93.5 Å². The van der Waals surface area contributed by atoms with Gasteiger partial charge in [-0.25, -0.2) is 0 Å².